The van der Waals surface area contributed by atoms with Crippen molar-refractivity contribution in [1.82, 2.24) is 0 Å². The van der Waals surface area contributed by atoms with Crippen LogP contribution < -0.4 is 4.74 Å². The van der Waals surface area contributed by atoms with Gasteiger partial charge in [0.25, 0.3) is 0 Å². The molecule has 1 saturated carbocycles. The van der Waals surface area contributed by atoms with Crippen molar-refractivity contribution < 1.29 is 13.5 Å². The van der Waals surface area contributed by atoms with Gasteiger partial charge in [0.15, 0.2) is 0 Å². The Hall–Kier alpha value is -1.38. The van der Waals surface area contributed by atoms with E-state index in [2.05, 4.69) is 17.7 Å². The number of allylic oxidation sites excluding steroid dienone is 2. The van der Waals surface area contributed by atoms with Gasteiger partial charge in [0.05, 0.1) is 0 Å². The highest BCUT2D eigenvalue weighted by Crippen LogP contribution is 2.42. The van der Waals surface area contributed by atoms with Crippen molar-refractivity contribution in [2.24, 2.45) is 11.8 Å². The Morgan fingerprint density at radius 3 is 2.22 bits per heavy atom. The Balaban J connectivity index is 1.52. The van der Waals surface area contributed by atoms with Crippen LogP contribution in [0, 0.1) is 11.8 Å². The van der Waals surface area contributed by atoms with Gasteiger partial charge in [-0.3, -0.25) is 0 Å². The van der Waals surface area contributed by atoms with Gasteiger partial charge in [-0.05, 0) is 87.3 Å². The number of benzene rings is 1. The molecular formula is C20H26F2O. The van der Waals surface area contributed by atoms with Gasteiger partial charge < -0.3 is 4.74 Å². The van der Waals surface area contributed by atoms with E-state index in [1.807, 2.05) is 12.1 Å². The molecular weight excluding hydrogens is 294 g/mol. The quantitative estimate of drug-likeness (QED) is 0.591. The standard InChI is InChI=1S/C20H26F2O/c1-14-2-4-15(5-3-14)16-6-8-17(9-7-16)18-10-12-19(13-11-18)23-20(21)22/h2,10-13,15-17,20H,3-9H2,1H3. The largest absolute Gasteiger partial charge is 0.435 e. The summed E-state index contributed by atoms with van der Waals surface area (Å²) in [5, 5.41) is 0. The van der Waals surface area contributed by atoms with Gasteiger partial charge in [-0.25, -0.2) is 0 Å². The van der Waals surface area contributed by atoms with Crippen molar-refractivity contribution in [2.45, 2.75) is 64.4 Å². The van der Waals surface area contributed by atoms with Crippen molar-refractivity contribution in [1.29, 1.82) is 0 Å². The van der Waals surface area contributed by atoms with Gasteiger partial charge in [-0.1, -0.05) is 23.8 Å². The smallest absolute Gasteiger partial charge is 0.387 e. The van der Waals surface area contributed by atoms with Gasteiger partial charge in [0, 0.05) is 0 Å². The van der Waals surface area contributed by atoms with E-state index in [9.17, 15) is 8.78 Å². The van der Waals surface area contributed by atoms with Gasteiger partial charge >= 0.3 is 6.61 Å². The van der Waals surface area contributed by atoms with E-state index >= 15 is 0 Å². The van der Waals surface area contributed by atoms with Gasteiger partial charge in [-0.15, -0.1) is 0 Å². The molecule has 0 radical (unpaired) electrons. The number of halogens is 2. The molecule has 0 saturated heterocycles. The summed E-state index contributed by atoms with van der Waals surface area (Å²) in [5.74, 6) is 2.58. The molecule has 0 amide bonds. The third-order valence-electron chi connectivity index (χ3n) is 5.69. The van der Waals surface area contributed by atoms with Crippen molar-refractivity contribution in [3.8, 4) is 5.75 Å². The van der Waals surface area contributed by atoms with Crippen LogP contribution in [0.3, 0.4) is 0 Å². The lowest BCUT2D eigenvalue weighted by Crippen LogP contribution is -2.22. The number of hydrogen-bond acceptors (Lipinski definition) is 1. The minimum absolute atomic E-state index is 0.252. The zero-order chi connectivity index (χ0) is 16.2. The Labute approximate surface area is 137 Å². The first kappa shape index (κ1) is 16.5. The van der Waals surface area contributed by atoms with Crippen LogP contribution in [-0.4, -0.2) is 6.61 Å². The Kier molecular flexibility index (Phi) is 5.34. The Morgan fingerprint density at radius 1 is 0.957 bits per heavy atom. The molecule has 3 heteroatoms. The van der Waals surface area contributed by atoms with Crippen molar-refractivity contribution in [3.05, 3.63) is 41.5 Å². The van der Waals surface area contributed by atoms with Crippen molar-refractivity contribution >= 4 is 0 Å². The second kappa shape index (κ2) is 7.46. The van der Waals surface area contributed by atoms with Crippen LogP contribution in [0.25, 0.3) is 0 Å². The maximum atomic E-state index is 12.2. The first-order valence-electron chi connectivity index (χ1n) is 8.82. The molecule has 1 fully saturated rings. The fraction of sp³-hybridized carbons (Fsp3) is 0.600. The molecule has 1 aromatic rings. The zero-order valence-corrected chi connectivity index (χ0v) is 13.8. The number of alkyl halides is 2. The lowest BCUT2D eigenvalue weighted by molar-refractivity contribution is -0.0498. The zero-order valence-electron chi connectivity index (χ0n) is 13.8. The van der Waals surface area contributed by atoms with Crippen molar-refractivity contribution in [2.75, 3.05) is 0 Å². The molecule has 1 unspecified atom stereocenters. The lowest BCUT2D eigenvalue weighted by Gasteiger charge is -2.35. The molecule has 3 rings (SSSR count). The third-order valence-corrected chi connectivity index (χ3v) is 5.69. The molecule has 0 bridgehead atoms. The predicted molar refractivity (Wildman–Crippen MR) is 88.9 cm³/mol. The van der Waals surface area contributed by atoms with Crippen LogP contribution >= 0.6 is 0 Å². The van der Waals surface area contributed by atoms with E-state index in [-0.39, 0.29) is 5.75 Å². The van der Waals surface area contributed by atoms with E-state index in [0.717, 1.165) is 11.8 Å². The van der Waals surface area contributed by atoms with Crippen LogP contribution in [0.5, 0.6) is 5.75 Å². The van der Waals surface area contributed by atoms with Crippen LogP contribution in [0.4, 0.5) is 8.78 Å². The predicted octanol–water partition coefficient (Wildman–Crippen LogP) is 6.31. The monoisotopic (exact) mass is 320 g/mol. The molecule has 2 aliphatic carbocycles. The Morgan fingerprint density at radius 2 is 1.65 bits per heavy atom. The maximum Gasteiger partial charge on any atom is 0.387 e. The molecule has 1 atom stereocenters. The van der Waals surface area contributed by atoms with Gasteiger partial charge in [0.1, 0.15) is 5.75 Å². The second-order valence-electron chi connectivity index (χ2n) is 7.14. The maximum absolute atomic E-state index is 12.2. The minimum atomic E-state index is -2.75. The number of rotatable bonds is 4. The fourth-order valence-electron chi connectivity index (χ4n) is 4.26. The highest BCUT2D eigenvalue weighted by molar-refractivity contribution is 5.29. The average Bonchev–Trinajstić information content (AvgIpc) is 2.56. The Bertz CT molecular complexity index is 527. The van der Waals surface area contributed by atoms with Gasteiger partial charge in [-0.2, -0.15) is 8.78 Å². The molecule has 1 aromatic carbocycles. The van der Waals surface area contributed by atoms with Crippen LogP contribution in [-0.2, 0) is 0 Å². The second-order valence-corrected chi connectivity index (χ2v) is 7.14. The topological polar surface area (TPSA) is 9.23 Å². The summed E-state index contributed by atoms with van der Waals surface area (Å²) in [6, 6.07) is 7.25. The molecule has 0 N–H and O–H groups in total. The van der Waals surface area contributed by atoms with E-state index < -0.39 is 6.61 Å². The first-order valence-corrected chi connectivity index (χ1v) is 8.82. The summed E-state index contributed by atoms with van der Waals surface area (Å²) in [5.41, 5.74) is 2.82. The van der Waals surface area contributed by atoms with E-state index in [0.29, 0.717) is 5.92 Å². The molecule has 0 aromatic heterocycles. The highest BCUT2D eigenvalue weighted by Gasteiger charge is 2.28. The summed E-state index contributed by atoms with van der Waals surface area (Å²) in [7, 11) is 0. The molecule has 0 spiro atoms. The SMILES string of the molecule is CC1=CCC(C2CCC(c3ccc(OC(F)F)cc3)CC2)CC1. The number of hydrogen-bond donors (Lipinski definition) is 0. The third kappa shape index (κ3) is 4.33. The van der Waals surface area contributed by atoms with Gasteiger partial charge in [0.2, 0.25) is 0 Å². The van der Waals surface area contributed by atoms with E-state index in [1.54, 1.807) is 17.7 Å². The molecule has 2 aliphatic rings. The summed E-state index contributed by atoms with van der Waals surface area (Å²) < 4.78 is 28.8. The summed E-state index contributed by atoms with van der Waals surface area (Å²) in [6.07, 6.45) is 11.4. The molecule has 23 heavy (non-hydrogen) atoms. The first-order chi connectivity index (χ1) is 11.1. The van der Waals surface area contributed by atoms with Crippen LogP contribution in [0.15, 0.2) is 35.9 Å². The van der Waals surface area contributed by atoms with E-state index in [4.69, 9.17) is 0 Å². The summed E-state index contributed by atoms with van der Waals surface area (Å²) in [6.45, 7) is -0.501. The lowest BCUT2D eigenvalue weighted by atomic mass is 9.70. The molecule has 1 nitrogen and oxygen atoms in total. The molecule has 0 aliphatic heterocycles. The number of ether oxygens (including phenoxy) is 1. The summed E-state index contributed by atoms with van der Waals surface area (Å²) >= 11 is 0. The fourth-order valence-corrected chi connectivity index (χ4v) is 4.26. The van der Waals surface area contributed by atoms with E-state index in [1.165, 1.54) is 50.5 Å². The van der Waals surface area contributed by atoms with Crippen LogP contribution in [0.1, 0.15) is 63.4 Å². The molecule has 126 valence electrons. The normalized spacial score (nSPS) is 28.5. The molecule has 0 heterocycles. The van der Waals surface area contributed by atoms with Crippen molar-refractivity contribution in [3.63, 3.8) is 0 Å². The minimum Gasteiger partial charge on any atom is -0.435 e. The van der Waals surface area contributed by atoms with Crippen LogP contribution in [0.2, 0.25) is 0 Å². The average molecular weight is 320 g/mol. The summed E-state index contributed by atoms with van der Waals surface area (Å²) in [4.78, 5) is 0. The highest BCUT2D eigenvalue weighted by atomic mass is 19.3.